The van der Waals surface area contributed by atoms with Crippen molar-refractivity contribution < 1.29 is 24.9 Å². The Bertz CT molecular complexity index is 1430. The highest BCUT2D eigenvalue weighted by Crippen LogP contribution is 2.48. The molecule has 0 unspecified atom stereocenters. The Labute approximate surface area is 234 Å². The zero-order valence-corrected chi connectivity index (χ0v) is 22.6. The number of benzene rings is 3. The molecule has 40 heavy (non-hydrogen) atoms. The summed E-state index contributed by atoms with van der Waals surface area (Å²) >= 11 is 0. The summed E-state index contributed by atoms with van der Waals surface area (Å²) in [7, 11) is 0. The number of allylic oxidation sites excluding steroid dienone is 2. The Morgan fingerprint density at radius 3 is 2.25 bits per heavy atom. The van der Waals surface area contributed by atoms with Gasteiger partial charge in [-0.1, -0.05) is 79.2 Å². The van der Waals surface area contributed by atoms with E-state index in [9.17, 15) is 24.9 Å². The summed E-state index contributed by atoms with van der Waals surface area (Å²) in [6, 6.07) is 25.9. The molecule has 0 saturated carbocycles. The maximum atomic E-state index is 13.6. The van der Waals surface area contributed by atoms with Crippen molar-refractivity contribution in [2.24, 2.45) is 17.8 Å². The van der Waals surface area contributed by atoms with Crippen LogP contribution in [0.15, 0.2) is 96.1 Å². The van der Waals surface area contributed by atoms with Crippen LogP contribution < -0.4 is 4.90 Å². The molecular weight excluding hydrogens is 502 g/mol. The summed E-state index contributed by atoms with van der Waals surface area (Å²) in [5.74, 6) is -2.25. The van der Waals surface area contributed by atoms with Crippen molar-refractivity contribution in [1.29, 1.82) is 0 Å². The van der Waals surface area contributed by atoms with Crippen LogP contribution in [0.2, 0.25) is 0 Å². The van der Waals surface area contributed by atoms with Crippen LogP contribution in [0, 0.1) is 17.8 Å². The molecule has 0 bridgehead atoms. The lowest BCUT2D eigenvalue weighted by Gasteiger charge is -2.36. The van der Waals surface area contributed by atoms with Gasteiger partial charge in [0.15, 0.2) is 0 Å². The fraction of sp³-hybridized carbons (Fsp3) is 0.294. The van der Waals surface area contributed by atoms with Gasteiger partial charge in [-0.05, 0) is 66.7 Å². The number of rotatable bonds is 9. The van der Waals surface area contributed by atoms with E-state index in [0.29, 0.717) is 42.5 Å². The van der Waals surface area contributed by atoms with Crippen LogP contribution in [0.3, 0.4) is 0 Å². The maximum Gasteiger partial charge on any atom is 0.238 e. The number of nitrogens with zero attached hydrogens (tertiary/aromatic N) is 1. The Morgan fingerprint density at radius 1 is 0.950 bits per heavy atom. The predicted octanol–water partition coefficient (Wildman–Crippen LogP) is 5.60. The van der Waals surface area contributed by atoms with E-state index in [1.807, 2.05) is 61.5 Å². The summed E-state index contributed by atoms with van der Waals surface area (Å²) < 4.78 is 0. The average molecular weight is 538 g/mol. The Morgan fingerprint density at radius 2 is 1.60 bits per heavy atom. The number of aromatic hydroxyl groups is 1. The lowest BCUT2D eigenvalue weighted by Crippen LogP contribution is -2.39. The molecule has 6 nitrogen and oxygen atoms in total. The van der Waals surface area contributed by atoms with E-state index in [0.717, 1.165) is 16.7 Å². The number of anilines is 1. The second-order valence-electron chi connectivity index (χ2n) is 10.5. The number of hydrogen-bond acceptors (Lipinski definition) is 5. The van der Waals surface area contributed by atoms with Crippen molar-refractivity contribution in [3.63, 3.8) is 0 Å². The molecule has 3 aromatic rings. The number of phenols is 1. The molecule has 5 rings (SSSR count). The molecule has 3 aromatic carbocycles. The molecule has 1 aliphatic heterocycles. The van der Waals surface area contributed by atoms with Gasteiger partial charge in [-0.25, -0.2) is 0 Å². The SMILES string of the molecule is CCC1=C([C@H](O)CC/C(=C/c2ccccc2O)c2ccccc2)[C@H](CO)[C@@H]2C(=O)N(c3ccccc3)C(=O)[C@@H]2C1. The van der Waals surface area contributed by atoms with Crippen LogP contribution in [0.5, 0.6) is 5.75 Å². The van der Waals surface area contributed by atoms with Gasteiger partial charge in [0.25, 0.3) is 0 Å². The highest BCUT2D eigenvalue weighted by molar-refractivity contribution is 6.22. The lowest BCUT2D eigenvalue weighted by molar-refractivity contribution is -0.123. The van der Waals surface area contributed by atoms with Gasteiger partial charge in [0.2, 0.25) is 11.8 Å². The van der Waals surface area contributed by atoms with E-state index in [-0.39, 0.29) is 24.2 Å². The van der Waals surface area contributed by atoms with E-state index in [1.54, 1.807) is 36.4 Å². The predicted molar refractivity (Wildman–Crippen MR) is 156 cm³/mol. The summed E-state index contributed by atoms with van der Waals surface area (Å²) in [4.78, 5) is 28.3. The number of amides is 2. The first-order valence-electron chi connectivity index (χ1n) is 13.9. The summed E-state index contributed by atoms with van der Waals surface area (Å²) in [6.07, 6.45) is 2.94. The minimum Gasteiger partial charge on any atom is -0.507 e. The molecule has 1 fully saturated rings. The number of imide groups is 1. The molecule has 1 heterocycles. The lowest BCUT2D eigenvalue weighted by atomic mass is 9.67. The number of phenolic OH excluding ortho intramolecular Hbond substituents is 1. The van der Waals surface area contributed by atoms with Crippen LogP contribution in [0.25, 0.3) is 11.6 Å². The van der Waals surface area contributed by atoms with Gasteiger partial charge < -0.3 is 15.3 Å². The van der Waals surface area contributed by atoms with Gasteiger partial charge in [-0.3, -0.25) is 14.5 Å². The van der Waals surface area contributed by atoms with E-state index >= 15 is 0 Å². The van der Waals surface area contributed by atoms with Gasteiger partial charge >= 0.3 is 0 Å². The third kappa shape index (κ3) is 5.25. The zero-order valence-electron chi connectivity index (χ0n) is 22.6. The standard InChI is InChI=1S/C34H35NO5/c1-2-22-20-27-32(34(40)35(33(27)39)26-14-7-4-8-15-26)28(21-36)31(22)30(38)18-17-24(23-11-5-3-6-12-23)19-25-13-9-10-16-29(25)37/h3-16,19,27-28,30,32,36-38H,2,17-18,20-21H2,1H3/b24-19-/t27-,28+,30-,32-/m1/s1. The molecule has 1 aliphatic carbocycles. The van der Waals surface area contributed by atoms with Crippen molar-refractivity contribution in [1.82, 2.24) is 0 Å². The number of aliphatic hydroxyl groups is 2. The number of aliphatic hydroxyl groups excluding tert-OH is 2. The summed E-state index contributed by atoms with van der Waals surface area (Å²) in [5.41, 5.74) is 4.79. The normalized spacial score (nSPS) is 22.0. The first-order valence-corrected chi connectivity index (χ1v) is 13.9. The van der Waals surface area contributed by atoms with Gasteiger partial charge in [0.1, 0.15) is 5.75 Å². The molecular formula is C34H35NO5. The zero-order chi connectivity index (χ0) is 28.2. The molecule has 6 heteroatoms. The van der Waals surface area contributed by atoms with Crippen molar-refractivity contribution in [2.75, 3.05) is 11.5 Å². The molecule has 2 amide bonds. The molecule has 4 atom stereocenters. The highest BCUT2D eigenvalue weighted by atomic mass is 16.3. The van der Waals surface area contributed by atoms with Crippen molar-refractivity contribution in [3.8, 4) is 5.75 Å². The Hall–Kier alpha value is -4.00. The first kappa shape index (κ1) is 27.6. The fourth-order valence-corrected chi connectivity index (χ4v) is 6.33. The van der Waals surface area contributed by atoms with E-state index in [4.69, 9.17) is 0 Å². The van der Waals surface area contributed by atoms with Crippen molar-refractivity contribution in [2.45, 2.75) is 38.7 Å². The Balaban J connectivity index is 1.43. The second kappa shape index (κ2) is 12.0. The average Bonchev–Trinajstić information content (AvgIpc) is 3.24. The van der Waals surface area contributed by atoms with Gasteiger partial charge in [0.05, 0.1) is 30.2 Å². The van der Waals surface area contributed by atoms with Crippen LogP contribution in [0.1, 0.15) is 43.7 Å². The Kier molecular flexibility index (Phi) is 8.29. The van der Waals surface area contributed by atoms with Crippen LogP contribution in [0.4, 0.5) is 5.69 Å². The quantitative estimate of drug-likeness (QED) is 0.188. The monoisotopic (exact) mass is 537 g/mol. The smallest absolute Gasteiger partial charge is 0.238 e. The van der Waals surface area contributed by atoms with Crippen molar-refractivity contribution in [3.05, 3.63) is 107 Å². The third-order valence-corrected chi connectivity index (χ3v) is 8.28. The van der Waals surface area contributed by atoms with E-state index in [2.05, 4.69) is 0 Å². The van der Waals surface area contributed by atoms with E-state index in [1.165, 1.54) is 4.90 Å². The second-order valence-corrected chi connectivity index (χ2v) is 10.5. The topological polar surface area (TPSA) is 98.1 Å². The summed E-state index contributed by atoms with van der Waals surface area (Å²) in [5, 5.41) is 32.5. The highest BCUT2D eigenvalue weighted by Gasteiger charge is 2.55. The van der Waals surface area contributed by atoms with Crippen LogP contribution >= 0.6 is 0 Å². The number of fused-ring (bicyclic) bond motifs is 1. The van der Waals surface area contributed by atoms with Crippen LogP contribution in [-0.4, -0.2) is 39.8 Å². The van der Waals surface area contributed by atoms with E-state index < -0.39 is 23.9 Å². The van der Waals surface area contributed by atoms with Crippen molar-refractivity contribution >= 4 is 29.2 Å². The fourth-order valence-electron chi connectivity index (χ4n) is 6.33. The number of carbonyl (C=O) groups is 2. The number of carbonyl (C=O) groups excluding carboxylic acids is 2. The molecule has 206 valence electrons. The minimum absolute atomic E-state index is 0.179. The first-order chi connectivity index (χ1) is 19.4. The maximum absolute atomic E-state index is 13.6. The molecule has 0 radical (unpaired) electrons. The number of para-hydroxylation sites is 2. The van der Waals surface area contributed by atoms with Crippen LogP contribution in [-0.2, 0) is 9.59 Å². The molecule has 1 saturated heterocycles. The largest absolute Gasteiger partial charge is 0.507 e. The molecule has 0 aromatic heterocycles. The van der Waals surface area contributed by atoms with Gasteiger partial charge in [-0.15, -0.1) is 0 Å². The molecule has 0 spiro atoms. The number of hydrogen-bond donors (Lipinski definition) is 3. The third-order valence-electron chi connectivity index (χ3n) is 8.28. The molecule has 2 aliphatic rings. The minimum atomic E-state index is -0.891. The molecule has 3 N–H and O–H groups in total. The summed E-state index contributed by atoms with van der Waals surface area (Å²) in [6.45, 7) is 1.67. The van der Waals surface area contributed by atoms with Gasteiger partial charge in [0, 0.05) is 11.5 Å². The van der Waals surface area contributed by atoms with Gasteiger partial charge in [-0.2, -0.15) is 0 Å².